The maximum absolute atomic E-state index is 13.9. The van der Waals surface area contributed by atoms with Gasteiger partial charge in [-0.05, 0) is 37.1 Å². The lowest BCUT2D eigenvalue weighted by atomic mass is 9.89. The van der Waals surface area contributed by atoms with Gasteiger partial charge in [-0.2, -0.15) is 0 Å². The Labute approximate surface area is 173 Å². The number of fused-ring (bicyclic) bond motifs is 1. The standard InChI is InChI=1S/C24H31N3O2/c1-18-16-27(17-19(2)29-18)24(14-20-8-4-5-9-21(20)15-24)23(28)26(3)13-11-22-10-6-7-12-25-22/h4-10,12,18-19H,11,13-17H2,1-3H3/t18-,19+. The minimum atomic E-state index is -0.519. The first-order valence-electron chi connectivity index (χ1n) is 10.6. The van der Waals surface area contributed by atoms with Gasteiger partial charge in [0.25, 0.3) is 0 Å². The fraction of sp³-hybridized carbons (Fsp3) is 0.500. The van der Waals surface area contributed by atoms with Gasteiger partial charge in [0.2, 0.25) is 5.91 Å². The Morgan fingerprint density at radius 3 is 2.31 bits per heavy atom. The molecule has 5 nitrogen and oxygen atoms in total. The largest absolute Gasteiger partial charge is 0.373 e. The summed E-state index contributed by atoms with van der Waals surface area (Å²) in [5.41, 5.74) is 3.09. The van der Waals surface area contributed by atoms with E-state index in [0.29, 0.717) is 6.54 Å². The number of nitrogens with zero attached hydrogens (tertiary/aromatic N) is 3. The van der Waals surface area contributed by atoms with Crippen LogP contribution in [0.25, 0.3) is 0 Å². The van der Waals surface area contributed by atoms with Gasteiger partial charge in [0.15, 0.2) is 0 Å². The maximum atomic E-state index is 13.9. The first-order chi connectivity index (χ1) is 14.0. The van der Waals surface area contributed by atoms with Crippen LogP contribution in [-0.4, -0.2) is 65.1 Å². The average molecular weight is 394 g/mol. The van der Waals surface area contributed by atoms with Crippen molar-refractivity contribution in [1.82, 2.24) is 14.8 Å². The molecule has 0 unspecified atom stereocenters. The van der Waals surface area contributed by atoms with Crippen LogP contribution < -0.4 is 0 Å². The Balaban J connectivity index is 1.58. The Morgan fingerprint density at radius 2 is 1.72 bits per heavy atom. The number of rotatable bonds is 5. The van der Waals surface area contributed by atoms with E-state index in [0.717, 1.165) is 38.0 Å². The van der Waals surface area contributed by atoms with Crippen molar-refractivity contribution in [3.63, 3.8) is 0 Å². The molecule has 1 aromatic heterocycles. The third kappa shape index (κ3) is 4.07. The lowest BCUT2D eigenvalue weighted by Crippen LogP contribution is -2.64. The highest BCUT2D eigenvalue weighted by molar-refractivity contribution is 5.88. The summed E-state index contributed by atoms with van der Waals surface area (Å²) in [5.74, 6) is 0.214. The van der Waals surface area contributed by atoms with E-state index >= 15 is 0 Å². The molecule has 29 heavy (non-hydrogen) atoms. The van der Waals surface area contributed by atoms with E-state index in [1.165, 1.54) is 11.1 Å². The van der Waals surface area contributed by atoms with Crippen molar-refractivity contribution in [2.24, 2.45) is 0 Å². The van der Waals surface area contributed by atoms with E-state index < -0.39 is 5.54 Å². The Hall–Kier alpha value is -2.24. The zero-order valence-corrected chi connectivity index (χ0v) is 17.7. The second kappa shape index (κ2) is 8.25. The van der Waals surface area contributed by atoms with Crippen molar-refractivity contribution in [2.45, 2.75) is 50.9 Å². The van der Waals surface area contributed by atoms with E-state index in [1.54, 1.807) is 0 Å². The van der Waals surface area contributed by atoms with E-state index in [9.17, 15) is 4.79 Å². The third-order valence-corrected chi connectivity index (χ3v) is 6.28. The van der Waals surface area contributed by atoms with Gasteiger partial charge in [-0.1, -0.05) is 30.3 Å². The lowest BCUT2D eigenvalue weighted by Gasteiger charge is -2.47. The van der Waals surface area contributed by atoms with Crippen LogP contribution in [0.5, 0.6) is 0 Å². The molecule has 0 bridgehead atoms. The molecule has 1 saturated heterocycles. The number of aromatic nitrogens is 1. The fourth-order valence-corrected chi connectivity index (χ4v) is 4.92. The molecular weight excluding hydrogens is 362 g/mol. The van der Waals surface area contributed by atoms with Gasteiger partial charge in [-0.25, -0.2) is 0 Å². The van der Waals surface area contributed by atoms with Crippen LogP contribution in [0.2, 0.25) is 0 Å². The molecule has 5 heteroatoms. The molecule has 2 heterocycles. The quantitative estimate of drug-likeness (QED) is 0.784. The second-order valence-corrected chi connectivity index (χ2v) is 8.61. The molecule has 2 atom stereocenters. The highest BCUT2D eigenvalue weighted by Crippen LogP contribution is 2.37. The average Bonchev–Trinajstić information content (AvgIpc) is 3.12. The van der Waals surface area contributed by atoms with Crippen molar-refractivity contribution in [1.29, 1.82) is 0 Å². The number of carbonyl (C=O) groups is 1. The van der Waals surface area contributed by atoms with Gasteiger partial charge >= 0.3 is 0 Å². The molecule has 0 N–H and O–H groups in total. The van der Waals surface area contributed by atoms with E-state index in [4.69, 9.17) is 4.74 Å². The number of hydrogen-bond acceptors (Lipinski definition) is 4. The van der Waals surface area contributed by atoms with Crippen LogP contribution >= 0.6 is 0 Å². The summed E-state index contributed by atoms with van der Waals surface area (Å²) in [6.45, 7) is 6.46. The Bertz CT molecular complexity index is 819. The van der Waals surface area contributed by atoms with Crippen LogP contribution in [-0.2, 0) is 28.8 Å². The molecule has 154 valence electrons. The van der Waals surface area contributed by atoms with Gasteiger partial charge in [0, 0.05) is 57.8 Å². The minimum Gasteiger partial charge on any atom is -0.373 e. The van der Waals surface area contributed by atoms with Gasteiger partial charge in [0.05, 0.1) is 12.2 Å². The molecule has 2 aromatic rings. The summed E-state index contributed by atoms with van der Waals surface area (Å²) in [5, 5.41) is 0. The third-order valence-electron chi connectivity index (χ3n) is 6.28. The second-order valence-electron chi connectivity index (χ2n) is 8.61. The van der Waals surface area contributed by atoms with Crippen LogP contribution in [0.1, 0.15) is 30.7 Å². The summed E-state index contributed by atoms with van der Waals surface area (Å²) in [6, 6.07) is 14.4. The summed E-state index contributed by atoms with van der Waals surface area (Å²) in [4.78, 5) is 22.6. The number of amides is 1. The molecule has 1 aliphatic heterocycles. The molecule has 2 aliphatic rings. The van der Waals surface area contributed by atoms with E-state index in [-0.39, 0.29) is 18.1 Å². The fourth-order valence-electron chi connectivity index (χ4n) is 4.92. The number of carbonyl (C=O) groups excluding carboxylic acids is 1. The molecule has 1 aliphatic carbocycles. The van der Waals surface area contributed by atoms with Crippen molar-refractivity contribution in [2.75, 3.05) is 26.7 Å². The normalized spacial score (nSPS) is 23.6. The van der Waals surface area contributed by atoms with Crippen LogP contribution in [0, 0.1) is 0 Å². The molecule has 1 aromatic carbocycles. The van der Waals surface area contributed by atoms with Crippen molar-refractivity contribution in [3.8, 4) is 0 Å². The van der Waals surface area contributed by atoms with E-state index in [1.807, 2.05) is 36.3 Å². The molecule has 0 spiro atoms. The number of pyridine rings is 1. The lowest BCUT2D eigenvalue weighted by molar-refractivity contribution is -0.153. The molecule has 1 fully saturated rings. The molecule has 0 saturated carbocycles. The predicted octanol–water partition coefficient (Wildman–Crippen LogP) is 2.73. The molecular formula is C24H31N3O2. The monoisotopic (exact) mass is 393 g/mol. The maximum Gasteiger partial charge on any atom is 0.243 e. The van der Waals surface area contributed by atoms with Crippen LogP contribution in [0.3, 0.4) is 0 Å². The highest BCUT2D eigenvalue weighted by Gasteiger charge is 2.51. The summed E-state index contributed by atoms with van der Waals surface area (Å²) < 4.78 is 5.97. The molecule has 4 rings (SSSR count). The molecule has 0 radical (unpaired) electrons. The van der Waals surface area contributed by atoms with Gasteiger partial charge in [-0.15, -0.1) is 0 Å². The Kier molecular flexibility index (Phi) is 5.70. The SMILES string of the molecule is C[C@@H]1CN(C2(C(=O)N(C)CCc3ccccn3)Cc3ccccc3C2)C[C@H](C)O1. The Morgan fingerprint density at radius 1 is 1.10 bits per heavy atom. The number of likely N-dealkylation sites (N-methyl/N-ethyl adjacent to an activating group) is 1. The topological polar surface area (TPSA) is 45.7 Å². The number of ether oxygens (including phenoxy) is 1. The van der Waals surface area contributed by atoms with E-state index in [2.05, 4.69) is 48.0 Å². The first-order valence-corrected chi connectivity index (χ1v) is 10.6. The van der Waals surface area contributed by atoms with Crippen LogP contribution in [0.4, 0.5) is 0 Å². The predicted molar refractivity (Wildman–Crippen MR) is 114 cm³/mol. The van der Waals surface area contributed by atoms with Crippen molar-refractivity contribution < 1.29 is 9.53 Å². The van der Waals surface area contributed by atoms with Crippen molar-refractivity contribution >= 4 is 5.91 Å². The first kappa shape index (κ1) is 20.0. The number of benzene rings is 1. The van der Waals surface area contributed by atoms with Crippen LogP contribution in [0.15, 0.2) is 48.7 Å². The smallest absolute Gasteiger partial charge is 0.243 e. The number of morpholine rings is 1. The molecule has 1 amide bonds. The number of hydrogen-bond donors (Lipinski definition) is 0. The van der Waals surface area contributed by atoms with Crippen molar-refractivity contribution in [3.05, 3.63) is 65.5 Å². The van der Waals surface area contributed by atoms with Gasteiger partial charge in [0.1, 0.15) is 5.54 Å². The summed E-state index contributed by atoms with van der Waals surface area (Å²) in [6.07, 6.45) is 4.38. The van der Waals surface area contributed by atoms with Gasteiger partial charge < -0.3 is 9.64 Å². The zero-order chi connectivity index (χ0) is 20.4. The zero-order valence-electron chi connectivity index (χ0n) is 17.7. The minimum absolute atomic E-state index is 0.131. The summed E-state index contributed by atoms with van der Waals surface area (Å²) in [7, 11) is 1.93. The summed E-state index contributed by atoms with van der Waals surface area (Å²) >= 11 is 0. The van der Waals surface area contributed by atoms with Gasteiger partial charge in [-0.3, -0.25) is 14.7 Å². The highest BCUT2D eigenvalue weighted by atomic mass is 16.5.